The van der Waals surface area contributed by atoms with Gasteiger partial charge in [0.2, 0.25) is 0 Å². The lowest BCUT2D eigenvalue weighted by atomic mass is 10.1. The number of nitrogen functional groups attached to an aromatic ring is 1. The molecule has 0 amide bonds. The van der Waals surface area contributed by atoms with Crippen LogP contribution < -0.4 is 5.73 Å². The molecule has 0 atom stereocenters. The van der Waals surface area contributed by atoms with E-state index in [1.54, 1.807) is 0 Å². The summed E-state index contributed by atoms with van der Waals surface area (Å²) in [6, 6.07) is 0. The molecule has 0 saturated carbocycles. The van der Waals surface area contributed by atoms with Crippen molar-refractivity contribution in [1.82, 2.24) is 4.98 Å². The molecular weight excluding hydrogens is 265 g/mol. The third kappa shape index (κ3) is 2.08. The zero-order valence-electron chi connectivity index (χ0n) is 6.40. The normalized spacial score (nSPS) is 10.8. The van der Waals surface area contributed by atoms with Crippen LogP contribution in [0.1, 0.15) is 17.6 Å². The number of hydrogen-bond acceptors (Lipinski definition) is 2. The Morgan fingerprint density at radius 2 is 2.23 bits per heavy atom. The first kappa shape index (κ1) is 10.7. The molecule has 1 aromatic heterocycles. The Balaban J connectivity index is 3.30. The van der Waals surface area contributed by atoms with Crippen LogP contribution in [-0.2, 0) is 5.88 Å². The van der Waals surface area contributed by atoms with Crippen LogP contribution in [0.4, 0.5) is 14.5 Å². The first-order chi connectivity index (χ1) is 6.07. The fourth-order valence-corrected chi connectivity index (χ4v) is 1.53. The van der Waals surface area contributed by atoms with Gasteiger partial charge in [-0.05, 0) is 15.9 Å². The first-order valence-corrected chi connectivity index (χ1v) is 4.67. The van der Waals surface area contributed by atoms with Gasteiger partial charge in [-0.1, -0.05) is 0 Å². The Hall–Kier alpha value is -0.420. The van der Waals surface area contributed by atoms with Gasteiger partial charge in [-0.15, -0.1) is 11.6 Å². The summed E-state index contributed by atoms with van der Waals surface area (Å²) in [5, 5.41) is 0. The summed E-state index contributed by atoms with van der Waals surface area (Å²) in [7, 11) is 0. The highest BCUT2D eigenvalue weighted by molar-refractivity contribution is 9.10. The summed E-state index contributed by atoms with van der Waals surface area (Å²) in [6.07, 6.45) is -1.53. The van der Waals surface area contributed by atoms with Crippen LogP contribution in [0.5, 0.6) is 0 Å². The Kier molecular flexibility index (Phi) is 3.44. The zero-order valence-corrected chi connectivity index (χ0v) is 8.74. The van der Waals surface area contributed by atoms with Crippen molar-refractivity contribution in [2.75, 3.05) is 5.73 Å². The molecule has 0 aromatic carbocycles. The minimum Gasteiger partial charge on any atom is -0.396 e. The van der Waals surface area contributed by atoms with Gasteiger partial charge in [0, 0.05) is 17.3 Å². The number of anilines is 1. The molecule has 72 valence electrons. The summed E-state index contributed by atoms with van der Waals surface area (Å²) in [6.45, 7) is 0. The molecule has 2 nitrogen and oxygen atoms in total. The highest BCUT2D eigenvalue weighted by Crippen LogP contribution is 2.31. The van der Waals surface area contributed by atoms with E-state index in [1.165, 1.54) is 0 Å². The van der Waals surface area contributed by atoms with Crippen LogP contribution >= 0.6 is 27.5 Å². The monoisotopic (exact) mass is 270 g/mol. The highest BCUT2D eigenvalue weighted by Gasteiger charge is 2.16. The minimum absolute atomic E-state index is 0.0490. The van der Waals surface area contributed by atoms with Crippen LogP contribution in [0.3, 0.4) is 0 Å². The van der Waals surface area contributed by atoms with Crippen molar-refractivity contribution in [3.63, 3.8) is 0 Å². The molecule has 6 heteroatoms. The van der Waals surface area contributed by atoms with Crippen molar-refractivity contribution in [2.24, 2.45) is 0 Å². The molecule has 13 heavy (non-hydrogen) atoms. The maximum atomic E-state index is 12.4. The van der Waals surface area contributed by atoms with Crippen molar-refractivity contribution in [2.45, 2.75) is 12.3 Å². The number of aromatic nitrogens is 1. The molecule has 1 heterocycles. The fourth-order valence-electron chi connectivity index (χ4n) is 0.891. The van der Waals surface area contributed by atoms with E-state index in [4.69, 9.17) is 17.3 Å². The van der Waals surface area contributed by atoms with E-state index in [0.29, 0.717) is 4.60 Å². The standard InChI is InChI=1S/C7H6BrClF2N2/c8-6-5(12)3(1-9)4(2-13-6)7(10)11/h2,7H,1,12H2. The van der Waals surface area contributed by atoms with Crippen LogP contribution in [0, 0.1) is 0 Å². The molecule has 0 aliphatic heterocycles. The molecule has 0 aliphatic carbocycles. The average Bonchev–Trinajstić information content (AvgIpc) is 2.09. The highest BCUT2D eigenvalue weighted by atomic mass is 79.9. The lowest BCUT2D eigenvalue weighted by Crippen LogP contribution is -2.01. The van der Waals surface area contributed by atoms with E-state index >= 15 is 0 Å². The number of rotatable bonds is 2. The molecular formula is C7H6BrClF2N2. The molecule has 0 radical (unpaired) electrons. The van der Waals surface area contributed by atoms with E-state index in [1.807, 2.05) is 0 Å². The molecule has 0 saturated heterocycles. The average molecular weight is 271 g/mol. The Bertz CT molecular complexity index is 320. The quantitative estimate of drug-likeness (QED) is 0.663. The van der Waals surface area contributed by atoms with E-state index in [2.05, 4.69) is 20.9 Å². The van der Waals surface area contributed by atoms with Gasteiger partial charge in [0.25, 0.3) is 6.43 Å². The predicted molar refractivity (Wildman–Crippen MR) is 50.9 cm³/mol. The minimum atomic E-state index is -2.60. The molecule has 0 spiro atoms. The van der Waals surface area contributed by atoms with Crippen molar-refractivity contribution >= 4 is 33.2 Å². The van der Waals surface area contributed by atoms with E-state index in [0.717, 1.165) is 6.20 Å². The largest absolute Gasteiger partial charge is 0.396 e. The first-order valence-electron chi connectivity index (χ1n) is 3.34. The second kappa shape index (κ2) is 4.19. The van der Waals surface area contributed by atoms with Gasteiger partial charge in [-0.3, -0.25) is 0 Å². The van der Waals surface area contributed by atoms with Crippen molar-refractivity contribution in [3.8, 4) is 0 Å². The molecule has 0 fully saturated rings. The van der Waals surface area contributed by atoms with Gasteiger partial charge < -0.3 is 5.73 Å². The molecule has 1 aromatic rings. The SMILES string of the molecule is Nc1c(Br)ncc(C(F)F)c1CCl. The summed E-state index contributed by atoms with van der Waals surface area (Å²) >= 11 is 8.52. The molecule has 0 bridgehead atoms. The van der Waals surface area contributed by atoms with E-state index in [9.17, 15) is 8.78 Å². The fraction of sp³-hybridized carbons (Fsp3) is 0.286. The van der Waals surface area contributed by atoms with Crippen molar-refractivity contribution in [3.05, 3.63) is 21.9 Å². The van der Waals surface area contributed by atoms with Crippen LogP contribution in [0.15, 0.2) is 10.8 Å². The second-order valence-electron chi connectivity index (χ2n) is 2.33. The number of nitrogens with two attached hydrogens (primary N) is 1. The van der Waals surface area contributed by atoms with Crippen LogP contribution in [0.2, 0.25) is 0 Å². The lowest BCUT2D eigenvalue weighted by Gasteiger charge is -2.09. The number of nitrogens with zero attached hydrogens (tertiary/aromatic N) is 1. The van der Waals surface area contributed by atoms with Gasteiger partial charge >= 0.3 is 0 Å². The Morgan fingerprint density at radius 1 is 1.62 bits per heavy atom. The van der Waals surface area contributed by atoms with E-state index < -0.39 is 6.43 Å². The van der Waals surface area contributed by atoms with Crippen LogP contribution in [-0.4, -0.2) is 4.98 Å². The topological polar surface area (TPSA) is 38.9 Å². The van der Waals surface area contributed by atoms with Gasteiger partial charge in [0.1, 0.15) is 4.60 Å². The number of hydrogen-bond donors (Lipinski definition) is 1. The van der Waals surface area contributed by atoms with Crippen molar-refractivity contribution in [1.29, 1.82) is 0 Å². The van der Waals surface area contributed by atoms with Crippen molar-refractivity contribution < 1.29 is 8.78 Å². The summed E-state index contributed by atoms with van der Waals surface area (Å²) in [4.78, 5) is 3.66. The molecule has 0 unspecified atom stereocenters. The number of halogens is 4. The second-order valence-corrected chi connectivity index (χ2v) is 3.35. The third-order valence-electron chi connectivity index (χ3n) is 1.58. The number of pyridine rings is 1. The lowest BCUT2D eigenvalue weighted by molar-refractivity contribution is 0.150. The van der Waals surface area contributed by atoms with Crippen LogP contribution in [0.25, 0.3) is 0 Å². The number of alkyl halides is 3. The van der Waals surface area contributed by atoms with E-state index in [-0.39, 0.29) is 22.7 Å². The summed E-state index contributed by atoms with van der Waals surface area (Å²) in [5.41, 5.74) is 5.70. The Morgan fingerprint density at radius 3 is 2.69 bits per heavy atom. The maximum Gasteiger partial charge on any atom is 0.265 e. The Labute approximate surface area is 87.2 Å². The molecule has 0 aliphatic rings. The predicted octanol–water partition coefficient (Wildman–Crippen LogP) is 3.10. The molecule has 1 rings (SSSR count). The van der Waals surface area contributed by atoms with Gasteiger partial charge in [0.05, 0.1) is 11.6 Å². The zero-order chi connectivity index (χ0) is 10.0. The van der Waals surface area contributed by atoms with Gasteiger partial charge in [0.15, 0.2) is 0 Å². The smallest absolute Gasteiger partial charge is 0.265 e. The summed E-state index contributed by atoms with van der Waals surface area (Å²) in [5.74, 6) is -0.0490. The third-order valence-corrected chi connectivity index (χ3v) is 2.48. The van der Waals surface area contributed by atoms with Gasteiger partial charge in [-0.25, -0.2) is 13.8 Å². The molecule has 2 N–H and O–H groups in total. The summed E-state index contributed by atoms with van der Waals surface area (Å²) < 4.78 is 25.1. The van der Waals surface area contributed by atoms with Gasteiger partial charge in [-0.2, -0.15) is 0 Å². The maximum absolute atomic E-state index is 12.4.